The maximum absolute atomic E-state index is 13.2. The van der Waals surface area contributed by atoms with Crippen molar-refractivity contribution in [2.45, 2.75) is 111 Å². The van der Waals surface area contributed by atoms with Crippen LogP contribution in [0.2, 0.25) is 0 Å². The summed E-state index contributed by atoms with van der Waals surface area (Å²) in [6, 6.07) is 5.38. The highest BCUT2D eigenvalue weighted by Crippen LogP contribution is 2.28. The fourth-order valence-electron chi connectivity index (χ4n) is 5.60. The third-order valence-corrected chi connectivity index (χ3v) is 8.07. The molecule has 2 aliphatic rings. The molecule has 0 amide bonds. The van der Waals surface area contributed by atoms with Gasteiger partial charge in [0.1, 0.15) is 23.7 Å². The molecule has 0 saturated carbocycles. The number of hydrogen-bond donors (Lipinski definition) is 3. The lowest BCUT2D eigenvalue weighted by atomic mass is 9.86. The number of nitrogens with zero attached hydrogens (tertiary/aromatic N) is 1. The molecule has 1 aromatic rings. The van der Waals surface area contributed by atoms with Crippen molar-refractivity contribution < 1.29 is 24.6 Å². The number of benzene rings is 1. The number of aryl methyl sites for hydroxylation is 1. The number of allylic oxidation sites excluding steroid dienone is 2. The Balaban J connectivity index is 1.59. The van der Waals surface area contributed by atoms with Gasteiger partial charge in [-0.25, -0.2) is 0 Å². The predicted molar refractivity (Wildman–Crippen MR) is 158 cm³/mol. The number of phenols is 1. The second-order valence-corrected chi connectivity index (χ2v) is 11.7. The first-order valence-corrected chi connectivity index (χ1v) is 15.3. The van der Waals surface area contributed by atoms with E-state index < -0.39 is 6.10 Å². The third-order valence-electron chi connectivity index (χ3n) is 8.07. The fourth-order valence-corrected chi connectivity index (χ4v) is 5.60. The summed E-state index contributed by atoms with van der Waals surface area (Å²) >= 11 is 0. The molecule has 0 fully saturated rings. The minimum absolute atomic E-state index is 0.112. The number of aliphatic hydroxyl groups excluding tert-OH is 1. The summed E-state index contributed by atoms with van der Waals surface area (Å²) in [5, 5.41) is 21.3. The molecule has 1 unspecified atom stereocenters. The quantitative estimate of drug-likeness (QED) is 0.190. The average molecular weight is 540 g/mol. The van der Waals surface area contributed by atoms with Crippen LogP contribution in [0.25, 0.3) is 0 Å². The summed E-state index contributed by atoms with van der Waals surface area (Å²) in [4.78, 5) is 19.0. The van der Waals surface area contributed by atoms with Gasteiger partial charge < -0.3 is 14.9 Å². The van der Waals surface area contributed by atoms with Gasteiger partial charge in [0, 0.05) is 25.0 Å². The summed E-state index contributed by atoms with van der Waals surface area (Å²) < 4.78 is 6.15. The first-order valence-electron chi connectivity index (χ1n) is 15.3. The topological polar surface area (TPSA) is 83.6 Å². The molecule has 0 radical (unpaired) electrons. The Morgan fingerprint density at radius 2 is 1.79 bits per heavy atom. The van der Waals surface area contributed by atoms with Crippen molar-refractivity contribution in [2.75, 3.05) is 13.3 Å². The number of unbranched alkanes of at least 4 members (excludes halogenated alkanes) is 4. The van der Waals surface area contributed by atoms with Crippen LogP contribution in [0.1, 0.15) is 104 Å². The standard InChI is InChI=1S/C33H50N2O4/c1-5-7-9-11-27(30(36)12-10-8-6-2)31(37)17-14-25-15-18-32(38)33(21-25)39-23-35-22-28-26(19-20-34-28)29(35)16-13-24(3)4/h15,18-21,24,27,30,36,38H,5-14,16-17,22-23H2,1-4H3/p+1/t27-,30-/m1/s1. The van der Waals surface area contributed by atoms with Gasteiger partial charge in [-0.05, 0) is 55.4 Å². The van der Waals surface area contributed by atoms with E-state index in [0.29, 0.717) is 37.7 Å². The average Bonchev–Trinajstić information content (AvgIpc) is 3.50. The summed E-state index contributed by atoms with van der Waals surface area (Å²) in [7, 11) is 0. The summed E-state index contributed by atoms with van der Waals surface area (Å²) in [6.45, 7) is 10.0. The van der Waals surface area contributed by atoms with E-state index in [4.69, 9.17) is 4.74 Å². The molecule has 6 heteroatoms. The minimum Gasteiger partial charge on any atom is -0.504 e. The van der Waals surface area contributed by atoms with Crippen LogP contribution in [0, 0.1) is 11.8 Å². The smallest absolute Gasteiger partial charge is 0.227 e. The van der Waals surface area contributed by atoms with Gasteiger partial charge in [-0.3, -0.25) is 14.7 Å². The van der Waals surface area contributed by atoms with Crippen molar-refractivity contribution in [3.05, 3.63) is 47.3 Å². The Morgan fingerprint density at radius 1 is 1.05 bits per heavy atom. The SMILES string of the molecule is CCCCC[C@@H](O)[C@@H](CCCCC)C(=O)CCc1ccc(O)c(OC[NH+]2CC3=NC=CC3=C2CCC(C)C)c1. The van der Waals surface area contributed by atoms with Crippen molar-refractivity contribution in [3.63, 3.8) is 0 Å². The van der Waals surface area contributed by atoms with E-state index >= 15 is 0 Å². The number of phenolic OH excluding ortho intramolecular Hbond substituents is 1. The number of Topliss-reactive ketones (excluding diaryl/α,β-unsaturated/α-hetero) is 1. The number of nitrogens with one attached hydrogen (secondary N) is 1. The minimum atomic E-state index is -0.555. The van der Waals surface area contributed by atoms with Crippen LogP contribution in [0.5, 0.6) is 11.5 Å². The molecule has 0 aromatic heterocycles. The molecule has 6 nitrogen and oxygen atoms in total. The molecular formula is C33H51N2O4+. The lowest BCUT2D eigenvalue weighted by Gasteiger charge is -2.22. The van der Waals surface area contributed by atoms with Gasteiger partial charge in [-0.15, -0.1) is 0 Å². The Labute approximate surface area is 235 Å². The molecule has 0 spiro atoms. The van der Waals surface area contributed by atoms with Crippen molar-refractivity contribution in [2.24, 2.45) is 16.8 Å². The number of aromatic hydroxyl groups is 1. The van der Waals surface area contributed by atoms with E-state index in [1.807, 2.05) is 18.3 Å². The van der Waals surface area contributed by atoms with E-state index in [-0.39, 0.29) is 17.5 Å². The fraction of sp³-hybridized carbons (Fsp3) is 0.636. The lowest BCUT2D eigenvalue weighted by Crippen LogP contribution is -3.10. The van der Waals surface area contributed by atoms with Crippen LogP contribution in [0.15, 0.2) is 46.7 Å². The molecule has 3 atom stereocenters. The van der Waals surface area contributed by atoms with Crippen LogP contribution < -0.4 is 9.64 Å². The van der Waals surface area contributed by atoms with Crippen LogP contribution in [-0.4, -0.2) is 41.1 Å². The summed E-state index contributed by atoms with van der Waals surface area (Å²) in [5.74, 6) is 1.05. The number of rotatable bonds is 19. The Morgan fingerprint density at radius 3 is 2.51 bits per heavy atom. The molecule has 0 saturated heterocycles. The van der Waals surface area contributed by atoms with Gasteiger partial charge in [0.2, 0.25) is 6.73 Å². The van der Waals surface area contributed by atoms with Gasteiger partial charge in [-0.1, -0.05) is 72.3 Å². The molecule has 39 heavy (non-hydrogen) atoms. The van der Waals surface area contributed by atoms with Gasteiger partial charge in [0.15, 0.2) is 11.5 Å². The normalized spacial score (nSPS) is 18.0. The summed E-state index contributed by atoms with van der Waals surface area (Å²) in [6.07, 6.45) is 14.3. The van der Waals surface area contributed by atoms with Crippen LogP contribution in [0.4, 0.5) is 0 Å². The number of quaternary nitrogens is 1. The van der Waals surface area contributed by atoms with Crippen LogP contribution in [0.3, 0.4) is 0 Å². The zero-order valence-corrected chi connectivity index (χ0v) is 24.7. The number of hydrogen-bond acceptors (Lipinski definition) is 5. The first kappa shape index (κ1) is 31.1. The number of aliphatic imine (C=N–C) groups is 1. The molecule has 3 rings (SSSR count). The second-order valence-electron chi connectivity index (χ2n) is 11.7. The number of carbonyl (C=O) groups is 1. The van der Waals surface area contributed by atoms with Crippen molar-refractivity contribution in [1.82, 2.24) is 0 Å². The summed E-state index contributed by atoms with van der Waals surface area (Å²) in [5.41, 5.74) is 4.66. The Kier molecular flexibility index (Phi) is 12.7. The Hall–Kier alpha value is -2.44. The number of fused-ring (bicyclic) bond motifs is 1. The van der Waals surface area contributed by atoms with E-state index in [2.05, 4.69) is 38.8 Å². The van der Waals surface area contributed by atoms with E-state index in [1.165, 1.54) is 16.2 Å². The number of ketones is 1. The van der Waals surface area contributed by atoms with E-state index in [9.17, 15) is 15.0 Å². The molecule has 3 N–H and O–H groups in total. The Bertz CT molecular complexity index is 1030. The largest absolute Gasteiger partial charge is 0.504 e. The van der Waals surface area contributed by atoms with Crippen molar-refractivity contribution in [1.29, 1.82) is 0 Å². The number of carbonyl (C=O) groups excluding carboxylic acids is 1. The van der Waals surface area contributed by atoms with Crippen LogP contribution >= 0.6 is 0 Å². The zero-order valence-electron chi connectivity index (χ0n) is 24.7. The molecule has 0 aliphatic carbocycles. The molecule has 216 valence electrons. The molecule has 1 aromatic carbocycles. The van der Waals surface area contributed by atoms with Crippen LogP contribution in [-0.2, 0) is 11.2 Å². The second kappa shape index (κ2) is 16.0. The van der Waals surface area contributed by atoms with Gasteiger partial charge in [0.05, 0.1) is 11.7 Å². The zero-order chi connectivity index (χ0) is 28.2. The van der Waals surface area contributed by atoms with E-state index in [1.54, 1.807) is 6.07 Å². The maximum atomic E-state index is 13.2. The number of aliphatic hydroxyl groups is 1. The molecule has 0 bridgehead atoms. The highest BCUT2D eigenvalue weighted by atomic mass is 16.5. The highest BCUT2D eigenvalue weighted by molar-refractivity contribution is 6.07. The first-order chi connectivity index (χ1) is 18.8. The number of ether oxygens (including phenoxy) is 1. The van der Waals surface area contributed by atoms with Gasteiger partial charge in [-0.2, -0.15) is 0 Å². The van der Waals surface area contributed by atoms with Gasteiger partial charge in [0.25, 0.3) is 0 Å². The monoisotopic (exact) mass is 539 g/mol. The molecular weight excluding hydrogens is 488 g/mol. The highest BCUT2D eigenvalue weighted by Gasteiger charge is 2.33. The maximum Gasteiger partial charge on any atom is 0.227 e. The predicted octanol–water partition coefficient (Wildman–Crippen LogP) is 5.93. The molecule has 2 heterocycles. The molecule has 2 aliphatic heterocycles. The lowest BCUT2D eigenvalue weighted by molar-refractivity contribution is -0.866. The van der Waals surface area contributed by atoms with E-state index in [0.717, 1.165) is 75.6 Å². The third kappa shape index (κ3) is 9.32. The van der Waals surface area contributed by atoms with Crippen molar-refractivity contribution in [3.8, 4) is 11.5 Å². The van der Waals surface area contributed by atoms with Gasteiger partial charge >= 0.3 is 0 Å². The van der Waals surface area contributed by atoms with Crippen molar-refractivity contribution >= 4 is 11.5 Å².